The Morgan fingerprint density at radius 3 is 1.15 bits per heavy atom. The third-order valence-corrected chi connectivity index (χ3v) is 31.7. The molecule has 626 valence electrons. The molecule has 14 heterocycles. The largest absolute Gasteiger partial charge is 0.375 e. The minimum absolute atomic E-state index is 0.252. The first-order valence-corrected chi connectivity index (χ1v) is 46.5. The lowest BCUT2D eigenvalue weighted by molar-refractivity contribution is -0.0443. The van der Waals surface area contributed by atoms with E-state index in [0.29, 0.717) is 67.7 Å². The van der Waals surface area contributed by atoms with Crippen LogP contribution in [0.4, 0.5) is 0 Å². The number of ether oxygens (including phenoxy) is 3. The Balaban J connectivity index is 0.000000142. The Hall–Kier alpha value is -0.360. The highest BCUT2D eigenvalue weighted by Crippen LogP contribution is 2.53. The molecule has 2 aliphatic carbocycles. The van der Waals surface area contributed by atoms with Gasteiger partial charge in [-0.15, -0.1) is 0 Å². The molecule has 17 atom stereocenters. The van der Waals surface area contributed by atoms with Crippen LogP contribution in [0.1, 0.15) is 359 Å². The normalized spacial score (nSPS) is 39.0. The molecule has 0 aromatic rings. The quantitative estimate of drug-likeness (QED) is 0.268. The molecule has 14 aliphatic heterocycles. The number of hydrogen-bond donors (Lipinski definition) is 0. The summed E-state index contributed by atoms with van der Waals surface area (Å²) < 4.78 is 17.8. The summed E-state index contributed by atoms with van der Waals surface area (Å²) in [6, 6.07) is 5.50. The second-order valence-electron chi connectivity index (χ2n) is 50.0. The van der Waals surface area contributed by atoms with E-state index in [4.69, 9.17) is 14.2 Å². The first kappa shape index (κ1) is 90.6. The van der Waals surface area contributed by atoms with Crippen LogP contribution < -0.4 is 0 Å². The number of piperidine rings is 4. The molecule has 0 aromatic carbocycles. The number of likely N-dealkylation sites (tertiary alicyclic amines) is 3. The fourth-order valence-electron chi connectivity index (χ4n) is 25.4. The molecule has 14 saturated heterocycles. The van der Waals surface area contributed by atoms with Gasteiger partial charge in [0.25, 0.3) is 0 Å². The topological polar surface area (TPSA) is 47.1 Å². The Morgan fingerprint density at radius 2 is 0.757 bits per heavy atom. The summed E-state index contributed by atoms with van der Waals surface area (Å²) in [5, 5.41) is 0. The SMILES string of the molecule is CC(C)(C)C1CC2CCC(C1)O2.CC(C)(C)C1CC2CCC1O2.CN1C2CCC1C(CC(C)(C)C)C2.CN1C2CCC1CC(C(C)(C)C)C2.CN1C2CCC1CC(CC(C)(C)C)C2.CN1CC2CC(C(C)(C)C)CC2C1.CN1CC2CCC(C1)C2CCC(C)(C)C.CN1CCC2(CC1)CC(CC(C)(C)C)CO2. The molecule has 17 unspecified atom stereocenters. The molecule has 9 heteroatoms. The molecule has 0 N–H and O–H groups in total. The molecule has 0 aromatic heterocycles. The molecule has 16 aliphatic rings. The van der Waals surface area contributed by atoms with Crippen LogP contribution in [0.25, 0.3) is 0 Å². The highest BCUT2D eigenvalue weighted by Gasteiger charge is 2.50. The van der Waals surface area contributed by atoms with E-state index >= 15 is 0 Å². The highest BCUT2D eigenvalue weighted by atomic mass is 16.5. The molecule has 1 spiro atoms. The molecule has 12 bridgehead atoms. The smallest absolute Gasteiger partial charge is 0.0710 e. The maximum absolute atomic E-state index is 6.16. The van der Waals surface area contributed by atoms with E-state index in [0.717, 1.165) is 114 Å². The average Bonchev–Trinajstić information content (AvgIpc) is 1.66. The van der Waals surface area contributed by atoms with Crippen molar-refractivity contribution in [2.75, 3.05) is 88.2 Å². The van der Waals surface area contributed by atoms with Crippen LogP contribution in [0.15, 0.2) is 0 Å². The average molecular weight is 1500 g/mol. The number of fused-ring (bicyclic) bond motifs is 13. The lowest BCUT2D eigenvalue weighted by Gasteiger charge is -2.42. The van der Waals surface area contributed by atoms with Crippen molar-refractivity contribution in [3.63, 3.8) is 0 Å². The molecule has 0 amide bonds. The van der Waals surface area contributed by atoms with Gasteiger partial charge in [-0.2, -0.15) is 0 Å². The van der Waals surface area contributed by atoms with Crippen molar-refractivity contribution in [3.05, 3.63) is 0 Å². The van der Waals surface area contributed by atoms with Crippen molar-refractivity contribution in [3.8, 4) is 0 Å². The van der Waals surface area contributed by atoms with Gasteiger partial charge in [0.2, 0.25) is 0 Å². The van der Waals surface area contributed by atoms with Gasteiger partial charge in [0.05, 0.1) is 36.6 Å². The maximum atomic E-state index is 6.16. The van der Waals surface area contributed by atoms with E-state index < -0.39 is 0 Å². The number of rotatable bonds is 5. The van der Waals surface area contributed by atoms with Crippen LogP contribution in [0, 0.1) is 114 Å². The van der Waals surface area contributed by atoms with Crippen LogP contribution in [-0.4, -0.2) is 184 Å². The third kappa shape index (κ3) is 26.8. The number of nitrogens with zero attached hydrogens (tertiary/aromatic N) is 6. The summed E-state index contributed by atoms with van der Waals surface area (Å²) in [6.07, 6.45) is 44.4. The second-order valence-corrected chi connectivity index (χ2v) is 50.0. The highest BCUT2D eigenvalue weighted by molar-refractivity contribution is 5.02. The van der Waals surface area contributed by atoms with Gasteiger partial charge in [0.1, 0.15) is 0 Å². The van der Waals surface area contributed by atoms with Gasteiger partial charge in [-0.3, -0.25) is 0 Å². The summed E-state index contributed by atoms with van der Waals surface area (Å²) in [5.74, 6) is 11.6. The summed E-state index contributed by atoms with van der Waals surface area (Å²) in [7, 11) is 13.8. The van der Waals surface area contributed by atoms with Gasteiger partial charge < -0.3 is 43.6 Å². The van der Waals surface area contributed by atoms with E-state index in [2.05, 4.69) is 238 Å². The minimum Gasteiger partial charge on any atom is -0.375 e. The lowest BCUT2D eigenvalue weighted by Crippen LogP contribution is -2.43. The monoisotopic (exact) mass is 1500 g/mol. The van der Waals surface area contributed by atoms with Gasteiger partial charge >= 0.3 is 0 Å². The van der Waals surface area contributed by atoms with Crippen molar-refractivity contribution in [1.29, 1.82) is 0 Å². The molecule has 9 nitrogen and oxygen atoms in total. The maximum Gasteiger partial charge on any atom is 0.0710 e. The Bertz CT molecular complexity index is 2560. The first-order valence-electron chi connectivity index (χ1n) is 46.5. The van der Waals surface area contributed by atoms with Gasteiger partial charge in [-0.25, -0.2) is 0 Å². The number of hydrogen-bond acceptors (Lipinski definition) is 9. The van der Waals surface area contributed by atoms with E-state index in [-0.39, 0.29) is 5.60 Å². The molecular formula is C98H186N6O3. The second kappa shape index (κ2) is 36.7. The third-order valence-electron chi connectivity index (χ3n) is 31.7. The Kier molecular flexibility index (Phi) is 31.0. The van der Waals surface area contributed by atoms with Gasteiger partial charge in [-0.05, 0) is 349 Å². The lowest BCUT2D eigenvalue weighted by atomic mass is 9.72. The van der Waals surface area contributed by atoms with Crippen LogP contribution >= 0.6 is 0 Å². The van der Waals surface area contributed by atoms with E-state index in [1.807, 2.05) is 0 Å². The van der Waals surface area contributed by atoms with E-state index in [9.17, 15) is 0 Å². The summed E-state index contributed by atoms with van der Waals surface area (Å²) in [5.41, 5.74) is 4.31. The Morgan fingerprint density at radius 1 is 0.346 bits per heavy atom. The van der Waals surface area contributed by atoms with Crippen molar-refractivity contribution in [2.45, 2.75) is 425 Å². The zero-order valence-corrected chi connectivity index (χ0v) is 77.3. The van der Waals surface area contributed by atoms with E-state index in [1.165, 1.54) is 232 Å². The zero-order chi connectivity index (χ0) is 79.0. The van der Waals surface area contributed by atoms with E-state index in [1.54, 1.807) is 0 Å². The fraction of sp³-hybridized carbons (Fsp3) is 1.00. The van der Waals surface area contributed by atoms with Crippen molar-refractivity contribution < 1.29 is 14.2 Å². The minimum atomic E-state index is 0.252. The van der Waals surface area contributed by atoms with Crippen LogP contribution in [0.2, 0.25) is 0 Å². The predicted molar refractivity (Wildman–Crippen MR) is 461 cm³/mol. The summed E-state index contributed by atoms with van der Waals surface area (Å²) >= 11 is 0. The molecule has 16 fully saturated rings. The van der Waals surface area contributed by atoms with Crippen LogP contribution in [0.3, 0.4) is 0 Å². The van der Waals surface area contributed by atoms with Crippen LogP contribution in [-0.2, 0) is 14.2 Å². The molecule has 107 heavy (non-hydrogen) atoms. The van der Waals surface area contributed by atoms with Crippen LogP contribution in [0.5, 0.6) is 0 Å². The van der Waals surface area contributed by atoms with Crippen molar-refractivity contribution >= 4 is 0 Å². The fourth-order valence-corrected chi connectivity index (χ4v) is 25.4. The molecule has 16 rings (SSSR count). The molecular weight excluding hydrogens is 1310 g/mol. The Labute approximate surface area is 667 Å². The van der Waals surface area contributed by atoms with Crippen molar-refractivity contribution in [1.82, 2.24) is 29.4 Å². The predicted octanol–water partition coefficient (Wildman–Crippen LogP) is 23.6. The van der Waals surface area contributed by atoms with Gasteiger partial charge in [0.15, 0.2) is 0 Å². The van der Waals surface area contributed by atoms with Gasteiger partial charge in [-0.1, -0.05) is 166 Å². The first-order chi connectivity index (χ1) is 49.3. The summed E-state index contributed by atoms with van der Waals surface area (Å²) in [4.78, 5) is 15.4. The summed E-state index contributed by atoms with van der Waals surface area (Å²) in [6.45, 7) is 65.8. The van der Waals surface area contributed by atoms with Crippen molar-refractivity contribution in [2.24, 2.45) is 114 Å². The molecule has 0 radical (unpaired) electrons. The van der Waals surface area contributed by atoms with Gasteiger partial charge in [0, 0.05) is 75.5 Å². The zero-order valence-electron chi connectivity index (χ0n) is 77.3. The standard InChI is InChI=1S/C14H27NO.C14H27N.C13H25N.3C12H23N.C11H20O.C10H18O/c1-13(2,3)9-12-10-14(16-11-12)5-7-15(4)8-6-14;1-14(2,3)8-7-13-11-5-6-12(13)10-15(4)9-11;1-13(2,3)9-10-7-11-5-6-12(8-10)14(11)4;1-12(2,3)11-5-9-7-13(4)8-10(9)6-11;1-12(2,3)8-9-7-10-5-6-11(9)13(10)4;1-12(2,3)9-7-10-5-6-11(8-9)13(10)4;1-11(2,3)8-6-9-4-5-10(7-8)12-9;1-10(2,3)8-6-7-4-5-9(8)11-7/h12H,5-11H2,1-4H3;11-13H,5-10H2,1-4H3;10-12H,5-9H2,1-4H3;3*9-11H,5-8H2,1-4H3;8-10H,4-7H2,1-3H3;7-9H,4-6H2,1-3H3. The molecule has 2 saturated carbocycles.